The molecule has 176 valence electrons. The van der Waals surface area contributed by atoms with Gasteiger partial charge in [-0.1, -0.05) is 18.2 Å². The van der Waals surface area contributed by atoms with Crippen molar-refractivity contribution in [1.82, 2.24) is 9.47 Å². The molecular formula is C24H31N4O4S+. The summed E-state index contributed by atoms with van der Waals surface area (Å²) in [7, 11) is -3.74. The number of anilines is 1. The van der Waals surface area contributed by atoms with Crippen molar-refractivity contribution in [3.63, 3.8) is 0 Å². The summed E-state index contributed by atoms with van der Waals surface area (Å²) in [6.07, 6.45) is 2.95. The fourth-order valence-corrected chi connectivity index (χ4v) is 7.09. The number of rotatable bonds is 4. The van der Waals surface area contributed by atoms with Crippen LogP contribution in [0.1, 0.15) is 37.8 Å². The summed E-state index contributed by atoms with van der Waals surface area (Å²) in [4.78, 5) is 28.1. The molecule has 1 aromatic carbocycles. The number of carbonyl (C=O) groups excluding carboxylic acids is 1. The zero-order chi connectivity index (χ0) is 23.2. The zero-order valence-corrected chi connectivity index (χ0v) is 19.7. The number of pyridine rings is 1. The quantitative estimate of drug-likeness (QED) is 0.685. The molecule has 3 atom stereocenters. The number of nitrogens with one attached hydrogen (secondary N) is 2. The first-order valence-electron chi connectivity index (χ1n) is 11.7. The van der Waals surface area contributed by atoms with Crippen LogP contribution in [0.4, 0.5) is 5.69 Å². The van der Waals surface area contributed by atoms with Crippen LogP contribution in [0.15, 0.2) is 52.2 Å². The molecular weight excluding hydrogens is 440 g/mol. The molecule has 4 heterocycles. The van der Waals surface area contributed by atoms with E-state index in [0.717, 1.165) is 51.1 Å². The first-order valence-corrected chi connectivity index (χ1v) is 13.2. The molecule has 0 saturated carbocycles. The minimum absolute atomic E-state index is 0.0689. The predicted octanol–water partition coefficient (Wildman–Crippen LogP) is 0.662. The standard InChI is InChI=1S/C24H30N4O4S/c1-17(29)26-11-9-20(10-12-26)27-14-18-13-19(16-27)24-22(7-8-23(30)28(24)15-18)25-33(31,32)21-5-3-2-4-6-21/h2-8,18-20,25H,9-16H2,1H3/p+1/t18-,19+/m0/s1. The van der Waals surface area contributed by atoms with Crippen LogP contribution < -0.4 is 15.2 Å². The lowest BCUT2D eigenvalue weighted by atomic mass is 9.81. The average molecular weight is 472 g/mol. The van der Waals surface area contributed by atoms with Gasteiger partial charge in [0.1, 0.15) is 0 Å². The van der Waals surface area contributed by atoms with E-state index in [2.05, 4.69) is 4.72 Å². The fraction of sp³-hybridized carbons (Fsp3) is 0.500. The number of fused-ring (bicyclic) bond motifs is 4. The third-order valence-corrected chi connectivity index (χ3v) is 8.93. The molecule has 1 unspecified atom stereocenters. The molecule has 0 spiro atoms. The zero-order valence-electron chi connectivity index (χ0n) is 18.9. The predicted molar refractivity (Wildman–Crippen MR) is 125 cm³/mol. The van der Waals surface area contributed by atoms with Crippen LogP contribution in [0.3, 0.4) is 0 Å². The smallest absolute Gasteiger partial charge is 0.261 e. The van der Waals surface area contributed by atoms with Crippen molar-refractivity contribution in [2.75, 3.05) is 30.9 Å². The second kappa shape index (κ2) is 8.61. The molecule has 5 rings (SSSR count). The number of likely N-dealkylation sites (tertiary alicyclic amines) is 2. The van der Waals surface area contributed by atoms with Crippen molar-refractivity contribution in [2.24, 2.45) is 5.92 Å². The lowest BCUT2D eigenvalue weighted by Crippen LogP contribution is -3.18. The Kier molecular flexibility index (Phi) is 5.78. The minimum atomic E-state index is -3.74. The van der Waals surface area contributed by atoms with Gasteiger partial charge in [-0.05, 0) is 24.6 Å². The Hall–Kier alpha value is -2.65. The van der Waals surface area contributed by atoms with Crippen molar-refractivity contribution in [2.45, 2.75) is 49.6 Å². The summed E-state index contributed by atoms with van der Waals surface area (Å²) >= 11 is 0. The van der Waals surface area contributed by atoms with Gasteiger partial charge < -0.3 is 14.4 Å². The van der Waals surface area contributed by atoms with E-state index in [9.17, 15) is 18.0 Å². The lowest BCUT2D eigenvalue weighted by molar-refractivity contribution is -0.937. The van der Waals surface area contributed by atoms with Crippen LogP contribution in [-0.4, -0.2) is 56.0 Å². The van der Waals surface area contributed by atoms with E-state index in [1.807, 2.05) is 4.90 Å². The number of piperidine rings is 2. The third-order valence-electron chi connectivity index (χ3n) is 7.55. The molecule has 1 aromatic heterocycles. The number of benzene rings is 1. The van der Waals surface area contributed by atoms with Gasteiger partial charge in [0.25, 0.3) is 15.6 Å². The normalized spacial score (nSPS) is 25.4. The number of hydrogen-bond donors (Lipinski definition) is 2. The summed E-state index contributed by atoms with van der Waals surface area (Å²) in [5.74, 6) is 0.666. The monoisotopic (exact) mass is 471 g/mol. The van der Waals surface area contributed by atoms with Gasteiger partial charge in [-0.2, -0.15) is 0 Å². The highest BCUT2D eigenvalue weighted by molar-refractivity contribution is 7.92. The Morgan fingerprint density at radius 2 is 1.79 bits per heavy atom. The average Bonchev–Trinajstić information content (AvgIpc) is 2.81. The number of amides is 1. The summed E-state index contributed by atoms with van der Waals surface area (Å²) in [6, 6.07) is 11.9. The van der Waals surface area contributed by atoms with Gasteiger partial charge in [0.05, 0.1) is 41.3 Å². The lowest BCUT2D eigenvalue weighted by Gasteiger charge is -2.45. The van der Waals surface area contributed by atoms with Crippen molar-refractivity contribution >= 4 is 21.6 Å². The summed E-state index contributed by atoms with van der Waals surface area (Å²) < 4.78 is 30.6. The van der Waals surface area contributed by atoms with Crippen molar-refractivity contribution in [3.05, 3.63) is 58.5 Å². The van der Waals surface area contributed by atoms with E-state index in [1.165, 1.54) is 11.0 Å². The van der Waals surface area contributed by atoms with Crippen LogP contribution >= 0.6 is 0 Å². The van der Waals surface area contributed by atoms with Gasteiger partial charge in [-0.25, -0.2) is 8.42 Å². The van der Waals surface area contributed by atoms with E-state index in [-0.39, 0.29) is 22.3 Å². The number of nitrogens with zero attached hydrogens (tertiary/aromatic N) is 2. The van der Waals surface area contributed by atoms with E-state index in [0.29, 0.717) is 24.2 Å². The van der Waals surface area contributed by atoms with Crippen molar-refractivity contribution in [1.29, 1.82) is 0 Å². The summed E-state index contributed by atoms with van der Waals surface area (Å²) in [6.45, 7) is 5.76. The second-order valence-electron chi connectivity index (χ2n) is 9.65. The second-order valence-corrected chi connectivity index (χ2v) is 11.3. The highest BCUT2D eigenvalue weighted by Gasteiger charge is 2.42. The van der Waals surface area contributed by atoms with Gasteiger partial charge in [-0.15, -0.1) is 0 Å². The number of carbonyl (C=O) groups is 1. The Labute approximate surface area is 194 Å². The Morgan fingerprint density at radius 1 is 1.06 bits per heavy atom. The van der Waals surface area contributed by atoms with Crippen molar-refractivity contribution < 1.29 is 18.1 Å². The van der Waals surface area contributed by atoms with E-state index >= 15 is 0 Å². The Balaban J connectivity index is 1.41. The van der Waals surface area contributed by atoms with E-state index in [4.69, 9.17) is 0 Å². The Bertz CT molecular complexity index is 1200. The van der Waals surface area contributed by atoms with Crippen LogP contribution in [0.25, 0.3) is 0 Å². The van der Waals surface area contributed by atoms with E-state index < -0.39 is 10.0 Å². The van der Waals surface area contributed by atoms with Crippen LogP contribution in [0.2, 0.25) is 0 Å². The molecule has 3 aliphatic rings. The maximum absolute atomic E-state index is 13.0. The number of aromatic nitrogens is 1. The SMILES string of the molecule is CC(=O)N1CCC([NH+]2C[C@@H]3C[C@H](C2)c2c(NS(=O)(=O)c4ccccc4)ccc(=O)n2C3)CC1. The fourth-order valence-electron chi connectivity index (χ4n) is 5.99. The molecule has 3 aliphatic heterocycles. The van der Waals surface area contributed by atoms with Crippen LogP contribution in [-0.2, 0) is 21.4 Å². The van der Waals surface area contributed by atoms with Gasteiger partial charge in [0.2, 0.25) is 5.91 Å². The highest BCUT2D eigenvalue weighted by Crippen LogP contribution is 2.36. The van der Waals surface area contributed by atoms with Gasteiger partial charge >= 0.3 is 0 Å². The third kappa shape index (κ3) is 4.31. The maximum Gasteiger partial charge on any atom is 0.261 e. The molecule has 2 saturated heterocycles. The van der Waals surface area contributed by atoms with Gasteiger partial charge in [0.15, 0.2) is 0 Å². The first-order chi connectivity index (χ1) is 15.8. The van der Waals surface area contributed by atoms with Crippen LogP contribution in [0, 0.1) is 5.92 Å². The molecule has 2 bridgehead atoms. The molecule has 1 amide bonds. The van der Waals surface area contributed by atoms with Crippen molar-refractivity contribution in [3.8, 4) is 0 Å². The topological polar surface area (TPSA) is 92.9 Å². The molecule has 33 heavy (non-hydrogen) atoms. The molecule has 2 N–H and O–H groups in total. The molecule has 9 heteroatoms. The molecule has 2 aromatic rings. The Morgan fingerprint density at radius 3 is 2.48 bits per heavy atom. The maximum atomic E-state index is 13.0. The first kappa shape index (κ1) is 22.2. The molecule has 0 radical (unpaired) electrons. The summed E-state index contributed by atoms with van der Waals surface area (Å²) in [5.41, 5.74) is 1.26. The number of hydrogen-bond acceptors (Lipinski definition) is 4. The highest BCUT2D eigenvalue weighted by atomic mass is 32.2. The minimum Gasteiger partial charge on any atom is -0.342 e. The number of quaternary nitrogens is 1. The molecule has 0 aliphatic carbocycles. The number of sulfonamides is 1. The summed E-state index contributed by atoms with van der Waals surface area (Å²) in [5, 5.41) is 0. The van der Waals surface area contributed by atoms with Gasteiger partial charge in [-0.3, -0.25) is 14.3 Å². The van der Waals surface area contributed by atoms with Crippen LogP contribution in [0.5, 0.6) is 0 Å². The molecule has 8 nitrogen and oxygen atoms in total. The molecule has 2 fully saturated rings. The van der Waals surface area contributed by atoms with Gasteiger partial charge in [0, 0.05) is 51.4 Å². The largest absolute Gasteiger partial charge is 0.342 e. The van der Waals surface area contributed by atoms with E-state index in [1.54, 1.807) is 47.9 Å².